The fourth-order valence-corrected chi connectivity index (χ4v) is 2.87. The highest BCUT2D eigenvalue weighted by molar-refractivity contribution is 6.29. The van der Waals surface area contributed by atoms with E-state index in [-0.39, 0.29) is 5.57 Å². The third-order valence-electron chi connectivity index (χ3n) is 4.36. The Hall–Kier alpha value is -4.13. The number of rotatable bonds is 7. The molecule has 0 aliphatic rings. The minimum Gasteiger partial charge on any atom is -0.495 e. The molecule has 3 aromatic rings. The van der Waals surface area contributed by atoms with Crippen LogP contribution < -0.4 is 20.1 Å². The first-order chi connectivity index (χ1) is 15.0. The molecule has 0 aliphatic carbocycles. The van der Waals surface area contributed by atoms with Crippen LogP contribution >= 0.6 is 0 Å². The summed E-state index contributed by atoms with van der Waals surface area (Å²) >= 11 is 0. The van der Waals surface area contributed by atoms with Crippen molar-refractivity contribution in [2.75, 3.05) is 24.9 Å². The molecule has 31 heavy (non-hydrogen) atoms. The SMILES string of the molecule is COc1ccccc1NC(=O)C(=Cc1cccc(F)c1)C(=O)Nc1ccccc1OC. The fraction of sp³-hybridized carbons (Fsp3) is 0.0833. The predicted octanol–water partition coefficient (Wildman–Crippen LogP) is 4.50. The topological polar surface area (TPSA) is 76.7 Å². The van der Waals surface area contributed by atoms with Crippen molar-refractivity contribution in [3.05, 3.63) is 89.8 Å². The van der Waals surface area contributed by atoms with E-state index in [4.69, 9.17) is 9.47 Å². The molecule has 2 N–H and O–H groups in total. The lowest BCUT2D eigenvalue weighted by Gasteiger charge is -2.14. The molecular weight excluding hydrogens is 399 g/mol. The van der Waals surface area contributed by atoms with Gasteiger partial charge < -0.3 is 20.1 Å². The quantitative estimate of drug-likeness (QED) is 0.335. The van der Waals surface area contributed by atoms with Gasteiger partial charge in [0.05, 0.1) is 25.6 Å². The summed E-state index contributed by atoms with van der Waals surface area (Å²) in [5, 5.41) is 5.35. The number of carbonyl (C=O) groups is 2. The number of benzene rings is 3. The molecule has 0 heterocycles. The maximum Gasteiger partial charge on any atom is 0.261 e. The van der Waals surface area contributed by atoms with Crippen molar-refractivity contribution in [3.8, 4) is 11.5 Å². The third kappa shape index (κ3) is 5.48. The van der Waals surface area contributed by atoms with Crippen molar-refractivity contribution >= 4 is 29.3 Å². The Bertz CT molecular complexity index is 1060. The molecule has 0 fully saturated rings. The summed E-state index contributed by atoms with van der Waals surface area (Å²) in [6.07, 6.45) is 1.32. The number of anilines is 2. The maximum atomic E-state index is 13.6. The van der Waals surface area contributed by atoms with Crippen LogP contribution in [0.25, 0.3) is 6.08 Å². The number of methoxy groups -OCH3 is 2. The fourth-order valence-electron chi connectivity index (χ4n) is 2.87. The van der Waals surface area contributed by atoms with E-state index >= 15 is 0 Å². The van der Waals surface area contributed by atoms with Crippen LogP contribution in [-0.2, 0) is 9.59 Å². The Morgan fingerprint density at radius 3 is 1.77 bits per heavy atom. The Morgan fingerprint density at radius 1 is 0.774 bits per heavy atom. The van der Waals surface area contributed by atoms with Gasteiger partial charge in [-0.05, 0) is 48.0 Å². The highest BCUT2D eigenvalue weighted by Gasteiger charge is 2.21. The molecule has 158 valence electrons. The van der Waals surface area contributed by atoms with Gasteiger partial charge in [0.15, 0.2) is 0 Å². The van der Waals surface area contributed by atoms with E-state index in [0.29, 0.717) is 28.4 Å². The first kappa shape index (κ1) is 21.6. The minimum absolute atomic E-state index is 0.220. The largest absolute Gasteiger partial charge is 0.495 e. The summed E-state index contributed by atoms with van der Waals surface area (Å²) in [5.41, 5.74) is 0.929. The summed E-state index contributed by atoms with van der Waals surface area (Å²) in [6, 6.07) is 19.2. The number of hydrogen-bond donors (Lipinski definition) is 2. The summed E-state index contributed by atoms with van der Waals surface area (Å²) in [4.78, 5) is 26.1. The smallest absolute Gasteiger partial charge is 0.261 e. The molecule has 0 atom stereocenters. The monoisotopic (exact) mass is 420 g/mol. The standard InChI is InChI=1S/C24H21FN2O4/c1-30-21-12-5-3-10-19(21)26-23(28)18(15-16-8-7-9-17(25)14-16)24(29)27-20-11-4-6-13-22(20)31-2/h3-15H,1-2H3,(H,26,28)(H,27,29). The van der Waals surface area contributed by atoms with Crippen LogP contribution in [0.4, 0.5) is 15.8 Å². The summed E-state index contributed by atoms with van der Waals surface area (Å²) < 4.78 is 24.1. The van der Waals surface area contributed by atoms with Crippen LogP contribution in [0.15, 0.2) is 78.4 Å². The van der Waals surface area contributed by atoms with E-state index in [0.717, 1.165) is 0 Å². The summed E-state index contributed by atoms with van der Waals surface area (Å²) in [6.45, 7) is 0. The van der Waals surface area contributed by atoms with Gasteiger partial charge in [-0.3, -0.25) is 9.59 Å². The van der Waals surface area contributed by atoms with Gasteiger partial charge in [0.25, 0.3) is 11.8 Å². The van der Waals surface area contributed by atoms with E-state index in [1.165, 1.54) is 38.5 Å². The third-order valence-corrected chi connectivity index (χ3v) is 4.36. The second-order valence-electron chi connectivity index (χ2n) is 6.42. The summed E-state index contributed by atoms with van der Waals surface area (Å²) in [7, 11) is 2.95. The molecule has 0 bridgehead atoms. The molecule has 0 spiro atoms. The zero-order valence-corrected chi connectivity index (χ0v) is 17.0. The van der Waals surface area contributed by atoms with Crippen molar-refractivity contribution in [1.82, 2.24) is 0 Å². The van der Waals surface area contributed by atoms with Crippen LogP contribution in [0, 0.1) is 5.82 Å². The number of ether oxygens (including phenoxy) is 2. The molecular formula is C24H21FN2O4. The normalized spacial score (nSPS) is 10.0. The number of nitrogens with one attached hydrogen (secondary N) is 2. The maximum absolute atomic E-state index is 13.6. The Morgan fingerprint density at radius 2 is 1.29 bits per heavy atom. The number of para-hydroxylation sites is 4. The van der Waals surface area contributed by atoms with Crippen molar-refractivity contribution in [2.45, 2.75) is 0 Å². The minimum atomic E-state index is -0.679. The van der Waals surface area contributed by atoms with E-state index in [1.54, 1.807) is 54.6 Å². The molecule has 6 nitrogen and oxygen atoms in total. The zero-order valence-electron chi connectivity index (χ0n) is 17.0. The van der Waals surface area contributed by atoms with Gasteiger partial charge in [-0.1, -0.05) is 36.4 Å². The number of hydrogen-bond acceptors (Lipinski definition) is 4. The van der Waals surface area contributed by atoms with Crippen LogP contribution in [0.5, 0.6) is 11.5 Å². The van der Waals surface area contributed by atoms with Crippen LogP contribution in [0.3, 0.4) is 0 Å². The lowest BCUT2D eigenvalue weighted by molar-refractivity contribution is -0.118. The van der Waals surface area contributed by atoms with Gasteiger partial charge in [0.2, 0.25) is 0 Å². The highest BCUT2D eigenvalue weighted by Crippen LogP contribution is 2.26. The average Bonchev–Trinajstić information content (AvgIpc) is 2.78. The molecule has 2 amide bonds. The van der Waals surface area contributed by atoms with E-state index in [9.17, 15) is 14.0 Å². The second-order valence-corrected chi connectivity index (χ2v) is 6.42. The lowest BCUT2D eigenvalue weighted by atomic mass is 10.1. The molecule has 0 unspecified atom stereocenters. The molecule has 0 aliphatic heterocycles. The second kappa shape index (κ2) is 10.1. The predicted molar refractivity (Wildman–Crippen MR) is 118 cm³/mol. The molecule has 0 saturated carbocycles. The van der Waals surface area contributed by atoms with Gasteiger partial charge in [-0.15, -0.1) is 0 Å². The highest BCUT2D eigenvalue weighted by atomic mass is 19.1. The first-order valence-corrected chi connectivity index (χ1v) is 9.38. The van der Waals surface area contributed by atoms with Gasteiger partial charge in [-0.2, -0.15) is 0 Å². The Balaban J connectivity index is 1.96. The molecule has 0 radical (unpaired) electrons. The van der Waals surface area contributed by atoms with Gasteiger partial charge in [-0.25, -0.2) is 4.39 Å². The molecule has 0 aromatic heterocycles. The zero-order chi connectivity index (χ0) is 22.2. The molecule has 3 aromatic carbocycles. The van der Waals surface area contributed by atoms with Gasteiger partial charge in [0.1, 0.15) is 22.9 Å². The molecule has 7 heteroatoms. The Kier molecular flexibility index (Phi) is 7.01. The number of halogens is 1. The van der Waals surface area contributed by atoms with Crippen LogP contribution in [0.2, 0.25) is 0 Å². The number of carbonyl (C=O) groups excluding carboxylic acids is 2. The van der Waals surface area contributed by atoms with Gasteiger partial charge >= 0.3 is 0 Å². The first-order valence-electron chi connectivity index (χ1n) is 9.38. The van der Waals surface area contributed by atoms with Crippen molar-refractivity contribution < 1.29 is 23.5 Å². The average molecular weight is 420 g/mol. The van der Waals surface area contributed by atoms with E-state index in [1.807, 2.05) is 0 Å². The molecule has 0 saturated heterocycles. The number of amides is 2. The van der Waals surface area contributed by atoms with Crippen LogP contribution in [0.1, 0.15) is 5.56 Å². The summed E-state index contributed by atoms with van der Waals surface area (Å²) in [5.74, 6) is -0.970. The van der Waals surface area contributed by atoms with Crippen molar-refractivity contribution in [2.24, 2.45) is 0 Å². The van der Waals surface area contributed by atoms with Crippen molar-refractivity contribution in [3.63, 3.8) is 0 Å². The van der Waals surface area contributed by atoms with Crippen LogP contribution in [-0.4, -0.2) is 26.0 Å². The lowest BCUT2D eigenvalue weighted by Crippen LogP contribution is -2.25. The van der Waals surface area contributed by atoms with Crippen molar-refractivity contribution in [1.29, 1.82) is 0 Å². The Labute approximate surface area is 179 Å². The van der Waals surface area contributed by atoms with Gasteiger partial charge in [0, 0.05) is 0 Å². The van der Waals surface area contributed by atoms with E-state index in [2.05, 4.69) is 10.6 Å². The van der Waals surface area contributed by atoms with E-state index < -0.39 is 17.6 Å². The molecule has 3 rings (SSSR count).